The molecule has 1 aromatic rings. The van der Waals surface area contributed by atoms with Gasteiger partial charge < -0.3 is 9.88 Å². The highest BCUT2D eigenvalue weighted by Crippen LogP contribution is 2.17. The molecule has 1 aromatic heterocycles. The topological polar surface area (TPSA) is 29.9 Å². The van der Waals surface area contributed by atoms with Gasteiger partial charge in [-0.2, -0.15) is 11.8 Å². The number of nitrogens with zero attached hydrogens (tertiary/aromatic N) is 2. The quantitative estimate of drug-likeness (QED) is 0.875. The fourth-order valence-corrected chi connectivity index (χ4v) is 3.19. The van der Waals surface area contributed by atoms with Crippen LogP contribution in [0.1, 0.15) is 38.4 Å². The first-order valence-electron chi connectivity index (χ1n) is 6.09. The second-order valence-electron chi connectivity index (χ2n) is 4.68. The van der Waals surface area contributed by atoms with E-state index in [0.717, 1.165) is 6.54 Å². The Hall–Kier alpha value is -0.480. The van der Waals surface area contributed by atoms with E-state index in [0.29, 0.717) is 12.1 Å². The Kier molecular flexibility index (Phi) is 4.29. The second-order valence-corrected chi connectivity index (χ2v) is 5.83. The standard InChI is InChI=1S/C12H21N3S/c1-10(2)15-9-13-6-12(15)7-14-11-4-3-5-16-8-11/h6,9-11,14H,3-5,7-8H2,1-2H3. The minimum atomic E-state index is 0.500. The number of hydrogen-bond donors (Lipinski definition) is 1. The van der Waals surface area contributed by atoms with E-state index in [2.05, 4.69) is 40.5 Å². The molecule has 0 radical (unpaired) electrons. The predicted octanol–water partition coefficient (Wildman–Crippen LogP) is 2.45. The van der Waals surface area contributed by atoms with Gasteiger partial charge in [0, 0.05) is 30.6 Å². The average molecular weight is 239 g/mol. The second kappa shape index (κ2) is 5.73. The summed E-state index contributed by atoms with van der Waals surface area (Å²) in [5.41, 5.74) is 1.30. The lowest BCUT2D eigenvalue weighted by atomic mass is 10.2. The normalized spacial score (nSPS) is 21.6. The van der Waals surface area contributed by atoms with Crippen molar-refractivity contribution in [3.63, 3.8) is 0 Å². The molecule has 0 saturated carbocycles. The Morgan fingerprint density at radius 3 is 3.19 bits per heavy atom. The van der Waals surface area contributed by atoms with Crippen molar-refractivity contribution in [3.05, 3.63) is 18.2 Å². The Bertz CT molecular complexity index is 316. The van der Waals surface area contributed by atoms with Gasteiger partial charge in [-0.05, 0) is 32.4 Å². The van der Waals surface area contributed by atoms with E-state index in [1.54, 1.807) is 0 Å². The number of thioether (sulfide) groups is 1. The van der Waals surface area contributed by atoms with Crippen molar-refractivity contribution < 1.29 is 0 Å². The zero-order chi connectivity index (χ0) is 11.4. The van der Waals surface area contributed by atoms with Gasteiger partial charge in [-0.3, -0.25) is 0 Å². The van der Waals surface area contributed by atoms with Gasteiger partial charge in [0.25, 0.3) is 0 Å². The molecular formula is C12H21N3S. The van der Waals surface area contributed by atoms with Crippen LogP contribution in [-0.4, -0.2) is 27.1 Å². The fourth-order valence-electron chi connectivity index (χ4n) is 2.08. The Morgan fingerprint density at radius 2 is 2.50 bits per heavy atom. The molecule has 1 unspecified atom stereocenters. The predicted molar refractivity (Wildman–Crippen MR) is 69.8 cm³/mol. The fraction of sp³-hybridized carbons (Fsp3) is 0.750. The molecule has 3 nitrogen and oxygen atoms in total. The molecule has 0 spiro atoms. The highest BCUT2D eigenvalue weighted by molar-refractivity contribution is 7.99. The van der Waals surface area contributed by atoms with E-state index < -0.39 is 0 Å². The van der Waals surface area contributed by atoms with Crippen molar-refractivity contribution in [2.45, 2.75) is 45.3 Å². The Morgan fingerprint density at radius 1 is 1.62 bits per heavy atom. The van der Waals surface area contributed by atoms with Gasteiger partial charge in [0.05, 0.1) is 12.0 Å². The van der Waals surface area contributed by atoms with Crippen LogP contribution in [-0.2, 0) is 6.54 Å². The first-order chi connectivity index (χ1) is 7.77. The van der Waals surface area contributed by atoms with E-state index in [-0.39, 0.29) is 0 Å². The summed E-state index contributed by atoms with van der Waals surface area (Å²) in [6.45, 7) is 5.34. The number of aromatic nitrogens is 2. The summed E-state index contributed by atoms with van der Waals surface area (Å²) in [7, 11) is 0. The SMILES string of the molecule is CC(C)n1cncc1CNC1CCCSC1. The van der Waals surface area contributed by atoms with Gasteiger partial charge in [-0.1, -0.05) is 0 Å². The summed E-state index contributed by atoms with van der Waals surface area (Å²) in [5.74, 6) is 2.60. The van der Waals surface area contributed by atoms with Crippen molar-refractivity contribution >= 4 is 11.8 Å². The van der Waals surface area contributed by atoms with Crippen molar-refractivity contribution in [3.8, 4) is 0 Å². The lowest BCUT2D eigenvalue weighted by Gasteiger charge is -2.23. The molecule has 16 heavy (non-hydrogen) atoms. The van der Waals surface area contributed by atoms with Crippen LogP contribution in [0.4, 0.5) is 0 Å². The molecule has 0 aliphatic carbocycles. The van der Waals surface area contributed by atoms with E-state index in [4.69, 9.17) is 0 Å². The molecule has 1 aliphatic rings. The third-order valence-corrected chi connectivity index (χ3v) is 4.25. The highest BCUT2D eigenvalue weighted by atomic mass is 32.2. The van der Waals surface area contributed by atoms with Gasteiger partial charge in [0.2, 0.25) is 0 Å². The van der Waals surface area contributed by atoms with Gasteiger partial charge in [-0.25, -0.2) is 4.98 Å². The monoisotopic (exact) mass is 239 g/mol. The molecular weight excluding hydrogens is 218 g/mol. The molecule has 1 N–H and O–H groups in total. The maximum Gasteiger partial charge on any atom is 0.0951 e. The molecule has 1 aliphatic heterocycles. The summed E-state index contributed by atoms with van der Waals surface area (Å²) >= 11 is 2.07. The van der Waals surface area contributed by atoms with Crippen LogP contribution in [0.25, 0.3) is 0 Å². The zero-order valence-corrected chi connectivity index (χ0v) is 11.0. The third kappa shape index (κ3) is 3.01. The van der Waals surface area contributed by atoms with Crippen LogP contribution in [0.5, 0.6) is 0 Å². The third-order valence-electron chi connectivity index (χ3n) is 3.03. The molecule has 2 rings (SSSR count). The minimum Gasteiger partial charge on any atom is -0.331 e. The number of imidazole rings is 1. The smallest absolute Gasteiger partial charge is 0.0951 e. The summed E-state index contributed by atoms with van der Waals surface area (Å²) < 4.78 is 2.24. The molecule has 1 fully saturated rings. The van der Waals surface area contributed by atoms with Gasteiger partial charge in [-0.15, -0.1) is 0 Å². The van der Waals surface area contributed by atoms with Crippen molar-refractivity contribution in [1.29, 1.82) is 0 Å². The molecule has 0 amide bonds. The summed E-state index contributed by atoms with van der Waals surface area (Å²) in [6.07, 6.45) is 6.58. The summed E-state index contributed by atoms with van der Waals surface area (Å²) in [6, 6.07) is 1.19. The van der Waals surface area contributed by atoms with Crippen LogP contribution >= 0.6 is 11.8 Å². The van der Waals surface area contributed by atoms with Crippen LogP contribution in [0.3, 0.4) is 0 Å². The van der Waals surface area contributed by atoms with E-state index in [1.807, 2.05) is 12.5 Å². The van der Waals surface area contributed by atoms with Crippen molar-refractivity contribution in [2.75, 3.05) is 11.5 Å². The molecule has 0 aromatic carbocycles. The highest BCUT2D eigenvalue weighted by Gasteiger charge is 2.14. The maximum atomic E-state index is 4.22. The van der Waals surface area contributed by atoms with Gasteiger partial charge in [0.15, 0.2) is 0 Å². The first kappa shape index (κ1) is 12.0. The van der Waals surface area contributed by atoms with E-state index in [1.165, 1.54) is 30.0 Å². The van der Waals surface area contributed by atoms with Crippen LogP contribution in [0.2, 0.25) is 0 Å². The average Bonchev–Trinajstić information content (AvgIpc) is 2.76. The largest absolute Gasteiger partial charge is 0.331 e. The lowest BCUT2D eigenvalue weighted by molar-refractivity contribution is 0.482. The molecule has 1 saturated heterocycles. The lowest BCUT2D eigenvalue weighted by Crippen LogP contribution is -2.33. The van der Waals surface area contributed by atoms with Crippen LogP contribution < -0.4 is 5.32 Å². The zero-order valence-electron chi connectivity index (χ0n) is 10.1. The number of hydrogen-bond acceptors (Lipinski definition) is 3. The van der Waals surface area contributed by atoms with Crippen molar-refractivity contribution in [2.24, 2.45) is 0 Å². The maximum absolute atomic E-state index is 4.22. The van der Waals surface area contributed by atoms with Crippen LogP contribution in [0.15, 0.2) is 12.5 Å². The number of rotatable bonds is 4. The van der Waals surface area contributed by atoms with E-state index in [9.17, 15) is 0 Å². The van der Waals surface area contributed by atoms with Gasteiger partial charge in [0.1, 0.15) is 0 Å². The molecule has 4 heteroatoms. The minimum absolute atomic E-state index is 0.500. The first-order valence-corrected chi connectivity index (χ1v) is 7.24. The molecule has 2 heterocycles. The molecule has 1 atom stereocenters. The Balaban J connectivity index is 1.86. The summed E-state index contributed by atoms with van der Waals surface area (Å²) in [5, 5.41) is 3.64. The van der Waals surface area contributed by atoms with Crippen LogP contribution in [0, 0.1) is 0 Å². The van der Waals surface area contributed by atoms with E-state index >= 15 is 0 Å². The Labute approximate surface area is 102 Å². The molecule has 0 bridgehead atoms. The van der Waals surface area contributed by atoms with Gasteiger partial charge >= 0.3 is 0 Å². The van der Waals surface area contributed by atoms with Crippen molar-refractivity contribution in [1.82, 2.24) is 14.9 Å². The number of nitrogens with one attached hydrogen (secondary N) is 1. The summed E-state index contributed by atoms with van der Waals surface area (Å²) in [4.78, 5) is 4.22. The molecule has 90 valence electrons.